The van der Waals surface area contributed by atoms with Crippen LogP contribution in [0.5, 0.6) is 0 Å². The minimum Gasteiger partial charge on any atom is -0.463 e. The van der Waals surface area contributed by atoms with E-state index >= 15 is 0 Å². The van der Waals surface area contributed by atoms with Gasteiger partial charge in [-0.1, -0.05) is 30.3 Å². The molecule has 0 aliphatic rings. The van der Waals surface area contributed by atoms with Crippen molar-refractivity contribution in [3.8, 4) is 0 Å². The van der Waals surface area contributed by atoms with Gasteiger partial charge < -0.3 is 9.40 Å². The molecule has 0 aliphatic carbocycles. The minimum absolute atomic E-state index is 0.251. The number of aromatic amines is 1. The largest absolute Gasteiger partial charge is 0.463 e. The topological polar surface area (TPSA) is 70.9 Å². The van der Waals surface area contributed by atoms with Crippen molar-refractivity contribution in [2.45, 2.75) is 0 Å². The molecule has 0 aliphatic heterocycles. The molecule has 0 unspecified atom stereocenters. The lowest BCUT2D eigenvalue weighted by Crippen LogP contribution is -2.12. The van der Waals surface area contributed by atoms with E-state index in [1.54, 1.807) is 0 Å². The van der Waals surface area contributed by atoms with Crippen LogP contribution in [-0.2, 0) is 0 Å². The third-order valence-corrected chi connectivity index (χ3v) is 3.35. The molecule has 0 spiro atoms. The van der Waals surface area contributed by atoms with Crippen LogP contribution >= 0.6 is 0 Å². The first kappa shape index (κ1) is 11.7. The van der Waals surface area contributed by atoms with Gasteiger partial charge in [-0.05, 0) is 18.2 Å². The number of hydrogen-bond donors (Lipinski definition) is 2. The highest BCUT2D eigenvalue weighted by Gasteiger charge is 2.14. The van der Waals surface area contributed by atoms with E-state index in [0.29, 0.717) is 17.1 Å². The zero-order valence-electron chi connectivity index (χ0n) is 11.0. The summed E-state index contributed by atoms with van der Waals surface area (Å²) in [4.78, 5) is 19.7. The van der Waals surface area contributed by atoms with Gasteiger partial charge in [0, 0.05) is 5.39 Å². The zero-order valence-corrected chi connectivity index (χ0v) is 11.0. The molecule has 2 aromatic heterocycles. The van der Waals surface area contributed by atoms with Crippen LogP contribution in [0.1, 0.15) is 10.4 Å². The smallest absolute Gasteiger partial charge is 0.261 e. The number of carbonyl (C=O) groups excluding carboxylic acids is 1. The van der Waals surface area contributed by atoms with Crippen molar-refractivity contribution in [1.82, 2.24) is 9.97 Å². The third-order valence-electron chi connectivity index (χ3n) is 3.35. The monoisotopic (exact) mass is 277 g/mol. The van der Waals surface area contributed by atoms with Crippen molar-refractivity contribution in [3.05, 3.63) is 60.4 Å². The number of para-hydroxylation sites is 3. The molecule has 4 rings (SSSR count). The van der Waals surface area contributed by atoms with E-state index in [2.05, 4.69) is 15.3 Å². The summed E-state index contributed by atoms with van der Waals surface area (Å²) in [5.74, 6) is 0.172. The molecular formula is C16H11N3O2. The average molecular weight is 277 g/mol. The van der Waals surface area contributed by atoms with Gasteiger partial charge in [-0.2, -0.15) is 0 Å². The quantitative estimate of drug-likeness (QED) is 0.588. The Morgan fingerprint density at radius 2 is 1.90 bits per heavy atom. The van der Waals surface area contributed by atoms with Crippen molar-refractivity contribution in [2.24, 2.45) is 0 Å². The van der Waals surface area contributed by atoms with E-state index in [4.69, 9.17) is 4.42 Å². The number of furan rings is 1. The number of amides is 1. The Labute approximate surface area is 119 Å². The van der Waals surface area contributed by atoms with Gasteiger partial charge in [0.05, 0.1) is 16.6 Å². The molecular weight excluding hydrogens is 266 g/mol. The molecule has 0 bridgehead atoms. The van der Waals surface area contributed by atoms with Gasteiger partial charge in [0.2, 0.25) is 5.95 Å². The van der Waals surface area contributed by atoms with Gasteiger partial charge in [-0.3, -0.25) is 10.1 Å². The van der Waals surface area contributed by atoms with Crippen LogP contribution in [0.15, 0.2) is 59.2 Å². The van der Waals surface area contributed by atoms with Crippen LogP contribution < -0.4 is 5.32 Å². The van der Waals surface area contributed by atoms with Crippen LogP contribution in [-0.4, -0.2) is 15.9 Å². The maximum Gasteiger partial charge on any atom is 0.261 e. The number of nitrogens with one attached hydrogen (secondary N) is 2. The van der Waals surface area contributed by atoms with Crippen molar-refractivity contribution in [3.63, 3.8) is 0 Å². The van der Waals surface area contributed by atoms with E-state index < -0.39 is 0 Å². The standard InChI is InChI=1S/C16H11N3O2/c20-15(11-9-21-14-8-4-1-5-10(11)14)19-16-17-12-6-2-3-7-13(12)18-16/h1-9H,(H2,17,18,19,20). The summed E-state index contributed by atoms with van der Waals surface area (Å²) >= 11 is 0. The first-order chi connectivity index (χ1) is 10.3. The predicted octanol–water partition coefficient (Wildman–Crippen LogP) is 3.56. The second-order valence-corrected chi connectivity index (χ2v) is 4.70. The number of H-pyrrole nitrogens is 1. The molecule has 0 atom stereocenters. The highest BCUT2D eigenvalue weighted by atomic mass is 16.3. The summed E-state index contributed by atoms with van der Waals surface area (Å²) in [7, 11) is 0. The molecule has 5 nitrogen and oxygen atoms in total. The summed E-state index contributed by atoms with van der Waals surface area (Å²) in [6, 6.07) is 15.0. The summed E-state index contributed by atoms with van der Waals surface area (Å²) in [5, 5.41) is 3.54. The molecule has 0 saturated carbocycles. The third kappa shape index (κ3) is 1.95. The van der Waals surface area contributed by atoms with E-state index in [1.807, 2.05) is 48.5 Å². The summed E-state index contributed by atoms with van der Waals surface area (Å²) < 4.78 is 5.38. The Balaban J connectivity index is 1.69. The van der Waals surface area contributed by atoms with E-state index in [1.165, 1.54) is 6.26 Å². The summed E-state index contributed by atoms with van der Waals surface area (Å²) in [6.45, 7) is 0. The Morgan fingerprint density at radius 3 is 2.81 bits per heavy atom. The molecule has 1 amide bonds. The van der Waals surface area contributed by atoms with E-state index in [0.717, 1.165) is 16.4 Å². The van der Waals surface area contributed by atoms with Gasteiger partial charge in [-0.15, -0.1) is 0 Å². The van der Waals surface area contributed by atoms with Gasteiger partial charge in [0.1, 0.15) is 11.8 Å². The number of hydrogen-bond acceptors (Lipinski definition) is 3. The Bertz CT molecular complexity index is 919. The van der Waals surface area contributed by atoms with E-state index in [9.17, 15) is 4.79 Å². The Hall–Kier alpha value is -3.08. The predicted molar refractivity (Wildman–Crippen MR) is 80.3 cm³/mol. The first-order valence-electron chi connectivity index (χ1n) is 6.53. The lowest BCUT2D eigenvalue weighted by Gasteiger charge is -1.99. The molecule has 4 aromatic rings. The van der Waals surface area contributed by atoms with Crippen molar-refractivity contribution >= 4 is 33.9 Å². The van der Waals surface area contributed by atoms with E-state index in [-0.39, 0.29) is 5.91 Å². The SMILES string of the molecule is O=C(Nc1nc2ccccc2[nH]1)c1coc2ccccc12. The van der Waals surface area contributed by atoms with Gasteiger partial charge in [0.25, 0.3) is 5.91 Å². The number of anilines is 1. The van der Waals surface area contributed by atoms with Crippen molar-refractivity contribution in [2.75, 3.05) is 5.32 Å². The molecule has 0 radical (unpaired) electrons. The molecule has 0 saturated heterocycles. The highest BCUT2D eigenvalue weighted by Crippen LogP contribution is 2.22. The van der Waals surface area contributed by atoms with Crippen LogP contribution in [0, 0.1) is 0 Å². The van der Waals surface area contributed by atoms with Gasteiger partial charge in [0.15, 0.2) is 0 Å². The van der Waals surface area contributed by atoms with Crippen molar-refractivity contribution in [1.29, 1.82) is 0 Å². The molecule has 102 valence electrons. The van der Waals surface area contributed by atoms with Crippen molar-refractivity contribution < 1.29 is 9.21 Å². The minimum atomic E-state index is -0.251. The maximum absolute atomic E-state index is 12.3. The number of carbonyl (C=O) groups is 1. The fraction of sp³-hybridized carbons (Fsp3) is 0. The molecule has 2 N–H and O–H groups in total. The van der Waals surface area contributed by atoms with Crippen LogP contribution in [0.25, 0.3) is 22.0 Å². The number of rotatable bonds is 2. The second-order valence-electron chi connectivity index (χ2n) is 4.70. The zero-order chi connectivity index (χ0) is 14.2. The molecule has 2 aromatic carbocycles. The van der Waals surface area contributed by atoms with Crippen LogP contribution in [0.4, 0.5) is 5.95 Å². The highest BCUT2D eigenvalue weighted by molar-refractivity contribution is 6.11. The maximum atomic E-state index is 12.3. The van der Waals surface area contributed by atoms with Crippen LogP contribution in [0.2, 0.25) is 0 Å². The normalized spacial score (nSPS) is 11.0. The number of benzene rings is 2. The van der Waals surface area contributed by atoms with Gasteiger partial charge in [-0.25, -0.2) is 4.98 Å². The van der Waals surface area contributed by atoms with Gasteiger partial charge >= 0.3 is 0 Å². The Morgan fingerprint density at radius 1 is 1.10 bits per heavy atom. The lowest BCUT2D eigenvalue weighted by atomic mass is 10.2. The number of fused-ring (bicyclic) bond motifs is 2. The van der Waals surface area contributed by atoms with Crippen LogP contribution in [0.3, 0.4) is 0 Å². The number of aromatic nitrogens is 2. The first-order valence-corrected chi connectivity index (χ1v) is 6.53. The average Bonchev–Trinajstić information content (AvgIpc) is 3.10. The fourth-order valence-electron chi connectivity index (χ4n) is 2.34. The molecule has 5 heteroatoms. The molecule has 2 heterocycles. The molecule has 0 fully saturated rings. The second kappa shape index (κ2) is 4.49. The summed E-state index contributed by atoms with van der Waals surface area (Å²) in [5.41, 5.74) is 2.87. The fourth-order valence-corrected chi connectivity index (χ4v) is 2.34. The lowest BCUT2D eigenvalue weighted by molar-refractivity contribution is 0.102. The number of imidazole rings is 1. The Kier molecular flexibility index (Phi) is 2.50. The number of nitrogens with zero attached hydrogens (tertiary/aromatic N) is 1. The summed E-state index contributed by atoms with van der Waals surface area (Å²) in [6.07, 6.45) is 1.46. The molecule has 21 heavy (non-hydrogen) atoms.